The topological polar surface area (TPSA) is 97.6 Å². The summed E-state index contributed by atoms with van der Waals surface area (Å²) in [4.78, 5) is 10.1. The first-order chi connectivity index (χ1) is 9.80. The molecule has 21 heavy (non-hydrogen) atoms. The highest BCUT2D eigenvalue weighted by atomic mass is 32.5. The van der Waals surface area contributed by atoms with Gasteiger partial charge < -0.3 is 33.6 Å². The standard InChI is InChI=1S/C12H23O7PS/c1-7-3-9(14)12(18-7)6-16-20(15,21)19-10-4-8(2)17-11(10)5-13/h7-14H,3-6H2,1-2H3,(H,15,21). The Kier molecular flexibility index (Phi) is 6.15. The largest absolute Gasteiger partial charge is 0.394 e. The normalized spacial score (nSPS) is 43.1. The fourth-order valence-electron chi connectivity index (χ4n) is 2.65. The molecule has 2 aliphatic heterocycles. The van der Waals surface area contributed by atoms with Crippen LogP contribution in [0.1, 0.15) is 26.7 Å². The van der Waals surface area contributed by atoms with Gasteiger partial charge in [-0.3, -0.25) is 0 Å². The Morgan fingerprint density at radius 2 is 1.81 bits per heavy atom. The van der Waals surface area contributed by atoms with Crippen molar-refractivity contribution in [2.45, 2.75) is 63.3 Å². The molecule has 2 fully saturated rings. The fraction of sp³-hybridized carbons (Fsp3) is 1.00. The van der Waals surface area contributed by atoms with Crippen molar-refractivity contribution in [2.24, 2.45) is 0 Å². The summed E-state index contributed by atoms with van der Waals surface area (Å²) in [5, 5.41) is 19.0. The molecule has 7 atom stereocenters. The lowest BCUT2D eigenvalue weighted by Gasteiger charge is -2.24. The maximum atomic E-state index is 10.1. The van der Waals surface area contributed by atoms with Crippen LogP contribution in [-0.2, 0) is 30.3 Å². The van der Waals surface area contributed by atoms with Gasteiger partial charge in [-0.25, -0.2) is 0 Å². The van der Waals surface area contributed by atoms with E-state index in [4.69, 9.17) is 30.3 Å². The first-order valence-corrected chi connectivity index (χ1v) is 9.65. The van der Waals surface area contributed by atoms with Crippen LogP contribution in [0.25, 0.3) is 0 Å². The third kappa shape index (κ3) is 4.92. The first kappa shape index (κ1) is 17.7. The van der Waals surface area contributed by atoms with Crippen LogP contribution in [0, 0.1) is 0 Å². The van der Waals surface area contributed by atoms with Crippen LogP contribution in [0.3, 0.4) is 0 Å². The van der Waals surface area contributed by atoms with Crippen molar-refractivity contribution in [3.8, 4) is 0 Å². The highest BCUT2D eigenvalue weighted by Gasteiger charge is 2.38. The third-order valence-electron chi connectivity index (χ3n) is 3.65. The van der Waals surface area contributed by atoms with Gasteiger partial charge in [0.25, 0.3) is 0 Å². The van der Waals surface area contributed by atoms with E-state index in [-0.39, 0.29) is 25.4 Å². The molecule has 2 aliphatic rings. The molecule has 7 nitrogen and oxygen atoms in total. The smallest absolute Gasteiger partial charge is 0.324 e. The summed E-state index contributed by atoms with van der Waals surface area (Å²) in [5.41, 5.74) is 0. The SMILES string of the molecule is CC1CC(O)C(COP(O)(=S)OC2CC(C)OC2CO)O1. The molecule has 2 saturated heterocycles. The Labute approximate surface area is 129 Å². The quantitative estimate of drug-likeness (QED) is 0.594. The summed E-state index contributed by atoms with van der Waals surface area (Å²) in [5.74, 6) is 0. The zero-order valence-electron chi connectivity index (χ0n) is 12.1. The van der Waals surface area contributed by atoms with Gasteiger partial charge in [-0.15, -0.1) is 0 Å². The summed E-state index contributed by atoms with van der Waals surface area (Å²) in [7, 11) is 0. The van der Waals surface area contributed by atoms with Gasteiger partial charge in [0.1, 0.15) is 12.2 Å². The van der Waals surface area contributed by atoms with Gasteiger partial charge in [0.2, 0.25) is 0 Å². The molecule has 0 amide bonds. The second-order valence-electron chi connectivity index (χ2n) is 5.60. The molecule has 0 saturated carbocycles. The molecule has 2 rings (SSSR count). The van der Waals surface area contributed by atoms with Crippen molar-refractivity contribution < 1.29 is 33.6 Å². The van der Waals surface area contributed by atoms with Crippen LogP contribution < -0.4 is 0 Å². The molecule has 0 spiro atoms. The summed E-state index contributed by atoms with van der Waals surface area (Å²) in [6.07, 6.45) is -1.19. The highest BCUT2D eigenvalue weighted by Crippen LogP contribution is 2.48. The Hall–Kier alpha value is 0.370. The third-order valence-corrected chi connectivity index (χ3v) is 5.23. The Morgan fingerprint density at radius 1 is 1.19 bits per heavy atom. The van der Waals surface area contributed by atoms with Gasteiger partial charge in [-0.2, -0.15) is 0 Å². The fourth-order valence-corrected chi connectivity index (χ4v) is 4.12. The lowest BCUT2D eigenvalue weighted by Crippen LogP contribution is -2.29. The van der Waals surface area contributed by atoms with Crippen molar-refractivity contribution in [3.63, 3.8) is 0 Å². The number of ether oxygens (including phenoxy) is 2. The van der Waals surface area contributed by atoms with Gasteiger partial charge in [0, 0.05) is 12.8 Å². The molecule has 9 heteroatoms. The molecule has 0 aromatic heterocycles. The van der Waals surface area contributed by atoms with Crippen molar-refractivity contribution in [2.75, 3.05) is 13.2 Å². The molecule has 0 aromatic rings. The van der Waals surface area contributed by atoms with Crippen molar-refractivity contribution >= 4 is 18.5 Å². The van der Waals surface area contributed by atoms with E-state index in [1.54, 1.807) is 0 Å². The van der Waals surface area contributed by atoms with Crippen LogP contribution in [0.2, 0.25) is 0 Å². The molecule has 0 bridgehead atoms. The molecule has 124 valence electrons. The first-order valence-electron chi connectivity index (χ1n) is 7.06. The average Bonchev–Trinajstić information content (AvgIpc) is 2.88. The zero-order chi connectivity index (χ0) is 15.6. The monoisotopic (exact) mass is 342 g/mol. The maximum absolute atomic E-state index is 10.1. The maximum Gasteiger partial charge on any atom is 0.324 e. The van der Waals surface area contributed by atoms with E-state index in [1.165, 1.54) is 0 Å². The van der Waals surface area contributed by atoms with Crippen LogP contribution >= 0.6 is 6.72 Å². The predicted octanol–water partition coefficient (Wildman–Crippen LogP) is 0.313. The number of hydrogen-bond acceptors (Lipinski definition) is 7. The summed E-state index contributed by atoms with van der Waals surface area (Å²) >= 11 is 4.97. The highest BCUT2D eigenvalue weighted by molar-refractivity contribution is 8.07. The Bertz CT molecular complexity index is 396. The lowest BCUT2D eigenvalue weighted by atomic mass is 10.1. The zero-order valence-corrected chi connectivity index (χ0v) is 13.8. The number of aliphatic hydroxyl groups is 2. The predicted molar refractivity (Wildman–Crippen MR) is 78.3 cm³/mol. The van der Waals surface area contributed by atoms with E-state index in [9.17, 15) is 15.1 Å². The summed E-state index contributed by atoms with van der Waals surface area (Å²) in [6, 6.07) is 0. The van der Waals surface area contributed by atoms with E-state index in [2.05, 4.69) is 0 Å². The minimum atomic E-state index is -3.47. The Morgan fingerprint density at radius 3 is 2.38 bits per heavy atom. The summed E-state index contributed by atoms with van der Waals surface area (Å²) < 4.78 is 21.6. The molecule has 0 aromatic carbocycles. The molecule has 7 unspecified atom stereocenters. The van der Waals surface area contributed by atoms with Gasteiger partial charge in [-0.1, -0.05) is 0 Å². The molecule has 2 heterocycles. The van der Waals surface area contributed by atoms with Crippen molar-refractivity contribution in [1.82, 2.24) is 0 Å². The number of rotatable bonds is 6. The van der Waals surface area contributed by atoms with Crippen LogP contribution in [-0.4, -0.2) is 64.9 Å². The molecule has 0 radical (unpaired) electrons. The van der Waals surface area contributed by atoms with Crippen molar-refractivity contribution in [1.29, 1.82) is 0 Å². The van der Waals surface area contributed by atoms with Gasteiger partial charge in [0.05, 0.1) is 37.6 Å². The minimum absolute atomic E-state index is 0.0216. The number of aliphatic hydroxyl groups excluding tert-OH is 2. The molecular formula is C12H23O7PS. The van der Waals surface area contributed by atoms with E-state index in [0.717, 1.165) is 0 Å². The van der Waals surface area contributed by atoms with Crippen LogP contribution in [0.5, 0.6) is 0 Å². The number of hydrogen-bond donors (Lipinski definition) is 3. The van der Waals surface area contributed by atoms with E-state index in [1.807, 2.05) is 13.8 Å². The lowest BCUT2D eigenvalue weighted by molar-refractivity contribution is -0.0281. The van der Waals surface area contributed by atoms with Crippen molar-refractivity contribution in [3.05, 3.63) is 0 Å². The second-order valence-corrected chi connectivity index (χ2v) is 8.39. The molecule has 0 aliphatic carbocycles. The van der Waals surface area contributed by atoms with Gasteiger partial charge in [0.15, 0.2) is 0 Å². The van der Waals surface area contributed by atoms with E-state index < -0.39 is 31.1 Å². The van der Waals surface area contributed by atoms with E-state index >= 15 is 0 Å². The van der Waals surface area contributed by atoms with E-state index in [0.29, 0.717) is 12.8 Å². The van der Waals surface area contributed by atoms with Crippen LogP contribution in [0.4, 0.5) is 0 Å². The second kappa shape index (κ2) is 7.29. The molecular weight excluding hydrogens is 319 g/mol. The van der Waals surface area contributed by atoms with Crippen LogP contribution in [0.15, 0.2) is 0 Å². The Balaban J connectivity index is 1.83. The average molecular weight is 342 g/mol. The van der Waals surface area contributed by atoms with Gasteiger partial charge >= 0.3 is 6.72 Å². The molecule has 3 N–H and O–H groups in total. The summed E-state index contributed by atoms with van der Waals surface area (Å²) in [6.45, 7) is 0.0279. The minimum Gasteiger partial charge on any atom is -0.394 e. The van der Waals surface area contributed by atoms with Gasteiger partial charge in [-0.05, 0) is 25.7 Å².